The van der Waals surface area contributed by atoms with Crippen molar-refractivity contribution in [2.75, 3.05) is 11.9 Å². The molecule has 3 rings (SSSR count). The van der Waals surface area contributed by atoms with Crippen LogP contribution in [0.2, 0.25) is 0 Å². The number of carbonyl (C=O) groups excluding carboxylic acids is 1. The smallest absolute Gasteiger partial charge is 0.333 e. The highest BCUT2D eigenvalue weighted by Gasteiger charge is 2.18. The predicted octanol–water partition coefficient (Wildman–Crippen LogP) is 1.35. The Balaban J connectivity index is 1.84. The highest BCUT2D eigenvalue weighted by molar-refractivity contribution is 5.83. The van der Waals surface area contributed by atoms with Crippen molar-refractivity contribution in [2.45, 2.75) is 6.54 Å². The second-order valence-electron chi connectivity index (χ2n) is 5.45. The Morgan fingerprint density at radius 3 is 2.78 bits per heavy atom. The zero-order chi connectivity index (χ0) is 19.4. The standard InChI is InChI=1S/C17H17FN6O3/c18-14-12(26-13(25)8-22-16(20)21)6-5-11-15(14)27-17(24-11)23-10-4-2-1-3-9(10)7-19/h1-6H,7-8,19H2,(H,23,24)(H4,20,21,22). The van der Waals surface area contributed by atoms with Crippen molar-refractivity contribution in [2.24, 2.45) is 22.2 Å². The molecule has 1 aromatic heterocycles. The van der Waals surface area contributed by atoms with E-state index >= 15 is 0 Å². The van der Waals surface area contributed by atoms with Gasteiger partial charge in [-0.25, -0.2) is 9.79 Å². The lowest BCUT2D eigenvalue weighted by Gasteiger charge is -2.06. The molecular weight excluding hydrogens is 355 g/mol. The molecular formula is C17H17FN6O3. The second kappa shape index (κ2) is 7.70. The molecule has 0 bridgehead atoms. The van der Waals surface area contributed by atoms with Crippen LogP contribution in [-0.4, -0.2) is 23.5 Å². The lowest BCUT2D eigenvalue weighted by Crippen LogP contribution is -2.25. The number of nitrogens with zero attached hydrogens (tertiary/aromatic N) is 2. The number of nitrogens with one attached hydrogen (secondary N) is 1. The SMILES string of the molecule is NCc1ccccc1Nc1nc2ccc(OC(=O)CN=C(N)N)c(F)c2o1. The first-order valence-corrected chi connectivity index (χ1v) is 7.88. The van der Waals surface area contributed by atoms with Gasteiger partial charge in [0, 0.05) is 12.2 Å². The van der Waals surface area contributed by atoms with Gasteiger partial charge in [0.15, 0.2) is 17.3 Å². The molecule has 27 heavy (non-hydrogen) atoms. The van der Waals surface area contributed by atoms with Gasteiger partial charge in [-0.15, -0.1) is 0 Å². The number of ether oxygens (including phenoxy) is 1. The number of aliphatic imine (C=N–C) groups is 1. The number of oxazole rings is 1. The molecule has 0 spiro atoms. The number of rotatable bonds is 6. The number of esters is 1. The maximum atomic E-state index is 14.6. The number of nitrogens with two attached hydrogens (primary N) is 3. The highest BCUT2D eigenvalue weighted by atomic mass is 19.1. The lowest BCUT2D eigenvalue weighted by atomic mass is 10.2. The van der Waals surface area contributed by atoms with Crippen molar-refractivity contribution in [3.05, 3.63) is 47.8 Å². The van der Waals surface area contributed by atoms with Gasteiger partial charge in [0.2, 0.25) is 5.82 Å². The first-order chi connectivity index (χ1) is 13.0. The molecule has 0 aliphatic rings. The van der Waals surface area contributed by atoms with Gasteiger partial charge in [-0.2, -0.15) is 9.37 Å². The van der Waals surface area contributed by atoms with E-state index in [1.165, 1.54) is 12.1 Å². The van der Waals surface area contributed by atoms with Crippen molar-refractivity contribution in [1.29, 1.82) is 0 Å². The fourth-order valence-electron chi connectivity index (χ4n) is 2.32. The van der Waals surface area contributed by atoms with Crippen LogP contribution in [0, 0.1) is 5.82 Å². The molecule has 0 aliphatic heterocycles. The van der Waals surface area contributed by atoms with Gasteiger partial charge in [0.1, 0.15) is 12.1 Å². The van der Waals surface area contributed by atoms with Crippen LogP contribution < -0.4 is 27.3 Å². The Labute approximate surface area is 153 Å². The maximum Gasteiger partial charge on any atom is 0.333 e. The van der Waals surface area contributed by atoms with Crippen LogP contribution in [-0.2, 0) is 11.3 Å². The Morgan fingerprint density at radius 1 is 1.26 bits per heavy atom. The number of guanidine groups is 1. The van der Waals surface area contributed by atoms with Crippen LogP contribution in [0.15, 0.2) is 45.8 Å². The lowest BCUT2D eigenvalue weighted by molar-refractivity contribution is -0.132. The molecule has 0 unspecified atom stereocenters. The van der Waals surface area contributed by atoms with E-state index in [4.69, 9.17) is 26.4 Å². The van der Waals surface area contributed by atoms with Gasteiger partial charge in [-0.3, -0.25) is 0 Å². The minimum atomic E-state index is -0.863. The normalized spacial score (nSPS) is 10.6. The molecule has 9 nitrogen and oxygen atoms in total. The highest BCUT2D eigenvalue weighted by Crippen LogP contribution is 2.30. The van der Waals surface area contributed by atoms with Gasteiger partial charge in [0.25, 0.3) is 6.01 Å². The number of aromatic nitrogens is 1. The van der Waals surface area contributed by atoms with E-state index in [0.29, 0.717) is 12.2 Å². The van der Waals surface area contributed by atoms with Crippen LogP contribution in [0.3, 0.4) is 0 Å². The van der Waals surface area contributed by atoms with Crippen molar-refractivity contribution in [1.82, 2.24) is 4.98 Å². The molecule has 0 radical (unpaired) electrons. The van der Waals surface area contributed by atoms with E-state index in [1.807, 2.05) is 18.2 Å². The summed E-state index contributed by atoms with van der Waals surface area (Å²) in [6.07, 6.45) is 0. The molecule has 0 fully saturated rings. The summed E-state index contributed by atoms with van der Waals surface area (Å²) in [6, 6.07) is 10.1. The van der Waals surface area contributed by atoms with Crippen LogP contribution in [0.5, 0.6) is 5.75 Å². The Morgan fingerprint density at radius 2 is 2.04 bits per heavy atom. The van der Waals surface area contributed by atoms with Crippen molar-refractivity contribution < 1.29 is 18.3 Å². The van der Waals surface area contributed by atoms with E-state index in [9.17, 15) is 9.18 Å². The quantitative estimate of drug-likeness (QED) is 0.219. The molecule has 1 heterocycles. The number of carbonyl (C=O) groups is 1. The third kappa shape index (κ3) is 4.12. The van der Waals surface area contributed by atoms with E-state index in [-0.39, 0.29) is 28.8 Å². The van der Waals surface area contributed by atoms with Gasteiger partial charge in [-0.1, -0.05) is 18.2 Å². The molecule has 2 aromatic carbocycles. The number of hydrogen-bond acceptors (Lipinski definition) is 7. The summed E-state index contributed by atoms with van der Waals surface area (Å²) in [4.78, 5) is 19.3. The fourth-order valence-corrected chi connectivity index (χ4v) is 2.32. The summed E-state index contributed by atoms with van der Waals surface area (Å²) >= 11 is 0. The van der Waals surface area contributed by atoms with E-state index in [0.717, 1.165) is 5.56 Å². The number of hydrogen-bond donors (Lipinski definition) is 4. The summed E-state index contributed by atoms with van der Waals surface area (Å²) < 4.78 is 24.9. The van der Waals surface area contributed by atoms with E-state index in [1.54, 1.807) is 6.07 Å². The molecule has 0 aliphatic carbocycles. The monoisotopic (exact) mass is 372 g/mol. The Kier molecular flexibility index (Phi) is 5.18. The average molecular weight is 372 g/mol. The number of halogens is 1. The number of para-hydroxylation sites is 1. The van der Waals surface area contributed by atoms with Crippen LogP contribution in [0.25, 0.3) is 11.1 Å². The fraction of sp³-hybridized carbons (Fsp3) is 0.118. The summed E-state index contributed by atoms with van der Waals surface area (Å²) in [5.41, 5.74) is 17.6. The minimum absolute atomic E-state index is 0.0776. The zero-order valence-electron chi connectivity index (χ0n) is 14.1. The van der Waals surface area contributed by atoms with E-state index < -0.39 is 18.3 Å². The molecule has 7 N–H and O–H groups in total. The van der Waals surface area contributed by atoms with Gasteiger partial charge >= 0.3 is 5.97 Å². The van der Waals surface area contributed by atoms with Crippen LogP contribution in [0.1, 0.15) is 5.56 Å². The third-order valence-electron chi connectivity index (χ3n) is 3.56. The van der Waals surface area contributed by atoms with Crippen LogP contribution in [0.4, 0.5) is 16.1 Å². The molecule has 10 heteroatoms. The summed E-state index contributed by atoms with van der Waals surface area (Å²) in [7, 11) is 0. The molecule has 0 atom stereocenters. The third-order valence-corrected chi connectivity index (χ3v) is 3.56. The zero-order valence-corrected chi connectivity index (χ0v) is 14.1. The molecule has 0 saturated heterocycles. The van der Waals surface area contributed by atoms with Gasteiger partial charge in [0.05, 0.1) is 0 Å². The van der Waals surface area contributed by atoms with Gasteiger partial charge < -0.3 is 31.7 Å². The number of benzene rings is 2. The molecule has 0 saturated carbocycles. The first kappa shape index (κ1) is 18.1. The topological polar surface area (TPSA) is 155 Å². The summed E-state index contributed by atoms with van der Waals surface area (Å²) in [5.74, 6) is -2.27. The Hall–Kier alpha value is -3.66. The first-order valence-electron chi connectivity index (χ1n) is 7.88. The molecule has 0 amide bonds. The minimum Gasteiger partial charge on any atom is -0.422 e. The summed E-state index contributed by atoms with van der Waals surface area (Å²) in [6.45, 7) is -0.118. The van der Waals surface area contributed by atoms with Crippen molar-refractivity contribution >= 4 is 34.7 Å². The number of fused-ring (bicyclic) bond motifs is 1. The van der Waals surface area contributed by atoms with Crippen molar-refractivity contribution in [3.8, 4) is 5.75 Å². The maximum absolute atomic E-state index is 14.6. The van der Waals surface area contributed by atoms with E-state index in [2.05, 4.69) is 15.3 Å². The average Bonchev–Trinajstić information content (AvgIpc) is 3.06. The van der Waals surface area contributed by atoms with Crippen LogP contribution >= 0.6 is 0 Å². The number of anilines is 2. The van der Waals surface area contributed by atoms with Crippen molar-refractivity contribution in [3.63, 3.8) is 0 Å². The largest absolute Gasteiger partial charge is 0.422 e. The Bertz CT molecular complexity index is 1010. The summed E-state index contributed by atoms with van der Waals surface area (Å²) in [5, 5.41) is 2.96. The molecule has 3 aromatic rings. The van der Waals surface area contributed by atoms with Gasteiger partial charge in [-0.05, 0) is 23.8 Å². The predicted molar refractivity (Wildman–Crippen MR) is 97.9 cm³/mol. The molecule has 140 valence electrons. The second-order valence-corrected chi connectivity index (χ2v) is 5.45.